The van der Waals surface area contributed by atoms with Crippen LogP contribution in [0.1, 0.15) is 10.4 Å². The van der Waals surface area contributed by atoms with Crippen LogP contribution < -0.4 is 4.90 Å². The molecule has 0 saturated heterocycles. The number of rotatable bonds is 6. The van der Waals surface area contributed by atoms with Crippen LogP contribution in [0.4, 0.5) is 13.9 Å². The molecule has 0 fully saturated rings. The maximum atomic E-state index is 14.0. The van der Waals surface area contributed by atoms with Crippen LogP contribution in [0.15, 0.2) is 41.3 Å². The first-order valence-corrected chi connectivity index (χ1v) is 10.3. The molecule has 0 spiro atoms. The van der Waals surface area contributed by atoms with Crippen molar-refractivity contribution in [3.8, 4) is 0 Å². The van der Waals surface area contributed by atoms with Crippen molar-refractivity contribution in [3.05, 3.63) is 53.6 Å². The molecule has 0 saturated carbocycles. The lowest BCUT2D eigenvalue weighted by Gasteiger charge is -2.22. The van der Waals surface area contributed by atoms with Crippen LogP contribution in [0.25, 0.3) is 10.2 Å². The fourth-order valence-corrected chi connectivity index (χ4v) is 3.97. The second-order valence-electron chi connectivity index (χ2n) is 6.22. The van der Waals surface area contributed by atoms with Gasteiger partial charge in [0.1, 0.15) is 11.3 Å². The number of aromatic nitrogens is 1. The molecule has 150 valence electrons. The van der Waals surface area contributed by atoms with Crippen molar-refractivity contribution in [2.75, 3.05) is 38.3 Å². The highest BCUT2D eigenvalue weighted by Crippen LogP contribution is 2.32. The van der Waals surface area contributed by atoms with Crippen LogP contribution in [0.5, 0.6) is 0 Å². The standard InChI is InChI=1S/C19H19F2N3OS2.ClH/c1-23(2)8-9-24(18(25)12-4-6-14(26-3)7-5-12)19-22-17-15(21)10-13(20)11-16(17)27-19;/h4-7,10-11H,8-9H2,1-3H3;1H. The molecule has 3 rings (SSSR count). The predicted octanol–water partition coefficient (Wildman–Crippen LogP) is 4.93. The minimum Gasteiger partial charge on any atom is -0.308 e. The van der Waals surface area contributed by atoms with Gasteiger partial charge in [-0.1, -0.05) is 11.3 Å². The second kappa shape index (κ2) is 9.65. The normalized spacial score (nSPS) is 10.9. The third-order valence-electron chi connectivity index (χ3n) is 3.99. The summed E-state index contributed by atoms with van der Waals surface area (Å²) in [6, 6.07) is 9.35. The SMILES string of the molecule is CSc1ccc(C(=O)N(CCN(C)C)c2nc3c(F)cc(F)cc3s2)cc1.Cl. The summed E-state index contributed by atoms with van der Waals surface area (Å²) < 4.78 is 27.9. The average Bonchev–Trinajstić information content (AvgIpc) is 3.05. The minimum atomic E-state index is -0.725. The summed E-state index contributed by atoms with van der Waals surface area (Å²) in [5, 5.41) is 0.357. The van der Waals surface area contributed by atoms with Gasteiger partial charge in [-0.2, -0.15) is 0 Å². The zero-order valence-electron chi connectivity index (χ0n) is 15.6. The number of thiazole rings is 1. The number of halogens is 3. The molecule has 1 amide bonds. The van der Waals surface area contributed by atoms with Gasteiger partial charge in [0.2, 0.25) is 0 Å². The Morgan fingerprint density at radius 3 is 2.43 bits per heavy atom. The van der Waals surface area contributed by atoms with Gasteiger partial charge in [0.15, 0.2) is 10.9 Å². The zero-order valence-corrected chi connectivity index (χ0v) is 18.1. The van der Waals surface area contributed by atoms with E-state index in [1.165, 1.54) is 11.0 Å². The number of nitrogens with zero attached hydrogens (tertiary/aromatic N) is 3. The molecule has 2 aromatic carbocycles. The van der Waals surface area contributed by atoms with E-state index < -0.39 is 11.6 Å². The summed E-state index contributed by atoms with van der Waals surface area (Å²) in [6.45, 7) is 1.00. The van der Waals surface area contributed by atoms with E-state index in [9.17, 15) is 13.6 Å². The molecule has 0 unspecified atom stereocenters. The monoisotopic (exact) mass is 443 g/mol. The number of benzene rings is 2. The van der Waals surface area contributed by atoms with Gasteiger partial charge >= 0.3 is 0 Å². The molecule has 0 N–H and O–H groups in total. The lowest BCUT2D eigenvalue weighted by Crippen LogP contribution is -2.36. The van der Waals surface area contributed by atoms with E-state index in [1.54, 1.807) is 23.9 Å². The molecule has 0 atom stereocenters. The second-order valence-corrected chi connectivity index (χ2v) is 8.11. The molecule has 28 heavy (non-hydrogen) atoms. The van der Waals surface area contributed by atoms with Gasteiger partial charge in [0, 0.05) is 29.6 Å². The Bertz CT molecular complexity index is 964. The molecule has 0 aliphatic rings. The van der Waals surface area contributed by atoms with E-state index in [4.69, 9.17) is 0 Å². The first kappa shape index (κ1) is 22.5. The highest BCUT2D eigenvalue weighted by atomic mass is 35.5. The van der Waals surface area contributed by atoms with Gasteiger partial charge in [0.05, 0.1) is 4.70 Å². The Morgan fingerprint density at radius 2 is 1.82 bits per heavy atom. The maximum absolute atomic E-state index is 14.0. The highest BCUT2D eigenvalue weighted by molar-refractivity contribution is 7.98. The van der Waals surface area contributed by atoms with E-state index >= 15 is 0 Å². The van der Waals surface area contributed by atoms with Gasteiger partial charge < -0.3 is 4.90 Å². The Balaban J connectivity index is 0.00000280. The topological polar surface area (TPSA) is 36.4 Å². The maximum Gasteiger partial charge on any atom is 0.260 e. The molecule has 0 bridgehead atoms. The molecule has 0 radical (unpaired) electrons. The van der Waals surface area contributed by atoms with Crippen molar-refractivity contribution >= 4 is 56.8 Å². The molecule has 0 aliphatic heterocycles. The van der Waals surface area contributed by atoms with Gasteiger partial charge in [-0.25, -0.2) is 13.8 Å². The fraction of sp³-hybridized carbons (Fsp3) is 0.263. The van der Waals surface area contributed by atoms with E-state index in [-0.39, 0.29) is 23.8 Å². The molecule has 1 aromatic heterocycles. The molecule has 9 heteroatoms. The summed E-state index contributed by atoms with van der Waals surface area (Å²) in [5.74, 6) is -1.60. The molecule has 3 aromatic rings. The van der Waals surface area contributed by atoms with Crippen molar-refractivity contribution in [1.82, 2.24) is 9.88 Å². The van der Waals surface area contributed by atoms with Crippen molar-refractivity contribution < 1.29 is 13.6 Å². The van der Waals surface area contributed by atoms with E-state index in [0.717, 1.165) is 22.3 Å². The van der Waals surface area contributed by atoms with Crippen molar-refractivity contribution in [3.63, 3.8) is 0 Å². The highest BCUT2D eigenvalue weighted by Gasteiger charge is 2.22. The number of carbonyl (C=O) groups excluding carboxylic acids is 1. The summed E-state index contributed by atoms with van der Waals surface area (Å²) in [7, 11) is 3.81. The van der Waals surface area contributed by atoms with Gasteiger partial charge in [-0.3, -0.25) is 9.69 Å². The largest absolute Gasteiger partial charge is 0.308 e. The third kappa shape index (κ3) is 5.00. The third-order valence-corrected chi connectivity index (χ3v) is 5.75. The number of hydrogen-bond acceptors (Lipinski definition) is 5. The number of carbonyl (C=O) groups is 1. The molecule has 1 heterocycles. The quantitative estimate of drug-likeness (QED) is 0.506. The molecular weight excluding hydrogens is 424 g/mol. The van der Waals surface area contributed by atoms with E-state index in [2.05, 4.69) is 4.98 Å². The smallest absolute Gasteiger partial charge is 0.260 e. The summed E-state index contributed by atoms with van der Waals surface area (Å²) in [5.41, 5.74) is 0.606. The van der Waals surface area contributed by atoms with Crippen LogP contribution >= 0.6 is 35.5 Å². The van der Waals surface area contributed by atoms with Crippen molar-refractivity contribution in [2.24, 2.45) is 0 Å². The number of likely N-dealkylation sites (N-methyl/N-ethyl adjacent to an activating group) is 1. The molecule has 0 aliphatic carbocycles. The van der Waals surface area contributed by atoms with Gasteiger partial charge in [0.25, 0.3) is 5.91 Å². The van der Waals surface area contributed by atoms with Crippen LogP contribution in [0.3, 0.4) is 0 Å². The first-order valence-electron chi connectivity index (χ1n) is 8.25. The Hall–Kier alpha value is -1.74. The van der Waals surface area contributed by atoms with Crippen LogP contribution in [0, 0.1) is 11.6 Å². The average molecular weight is 444 g/mol. The molecular formula is C19H20ClF2N3OS2. The lowest BCUT2D eigenvalue weighted by atomic mass is 10.2. The van der Waals surface area contributed by atoms with Gasteiger partial charge in [-0.15, -0.1) is 24.2 Å². The van der Waals surface area contributed by atoms with Crippen molar-refractivity contribution in [2.45, 2.75) is 4.90 Å². The Kier molecular flexibility index (Phi) is 7.77. The lowest BCUT2D eigenvalue weighted by molar-refractivity contribution is 0.0985. The Morgan fingerprint density at radius 1 is 1.14 bits per heavy atom. The first-order chi connectivity index (χ1) is 12.9. The van der Waals surface area contributed by atoms with Crippen LogP contribution in [-0.2, 0) is 0 Å². The summed E-state index contributed by atoms with van der Waals surface area (Å²) >= 11 is 2.70. The van der Waals surface area contributed by atoms with Crippen molar-refractivity contribution in [1.29, 1.82) is 0 Å². The number of anilines is 1. The van der Waals surface area contributed by atoms with E-state index in [1.807, 2.05) is 37.4 Å². The van der Waals surface area contributed by atoms with Crippen LogP contribution in [-0.4, -0.2) is 49.2 Å². The number of amides is 1. The molecule has 4 nitrogen and oxygen atoms in total. The zero-order chi connectivity index (χ0) is 19.6. The predicted molar refractivity (Wildman–Crippen MR) is 115 cm³/mol. The van der Waals surface area contributed by atoms with Crippen LogP contribution in [0.2, 0.25) is 0 Å². The van der Waals surface area contributed by atoms with E-state index in [0.29, 0.717) is 28.5 Å². The van der Waals surface area contributed by atoms with Gasteiger partial charge in [-0.05, 0) is 50.7 Å². The summed E-state index contributed by atoms with van der Waals surface area (Å²) in [6.07, 6.45) is 1.97. The number of fused-ring (bicyclic) bond motifs is 1. The Labute approximate surface area is 177 Å². The number of thioether (sulfide) groups is 1. The number of hydrogen-bond donors (Lipinski definition) is 0. The minimum absolute atomic E-state index is 0. The fourth-order valence-electron chi connectivity index (χ4n) is 2.53. The summed E-state index contributed by atoms with van der Waals surface area (Å²) in [4.78, 5) is 21.9.